The fourth-order valence-corrected chi connectivity index (χ4v) is 3.73. The van der Waals surface area contributed by atoms with Crippen LogP contribution in [0.1, 0.15) is 23.7 Å². The number of hydrogen-bond acceptors (Lipinski definition) is 5. The van der Waals surface area contributed by atoms with E-state index in [0.717, 1.165) is 16.9 Å². The van der Waals surface area contributed by atoms with Crippen molar-refractivity contribution in [2.45, 2.75) is 19.4 Å². The number of carbonyl (C=O) groups excluding carboxylic acids is 1. The second-order valence-electron chi connectivity index (χ2n) is 7.74. The molecule has 1 saturated heterocycles. The summed E-state index contributed by atoms with van der Waals surface area (Å²) in [7, 11) is 1.59. The molecule has 4 rings (SSSR count). The molecule has 0 bridgehead atoms. The molecule has 0 radical (unpaired) electrons. The van der Waals surface area contributed by atoms with Gasteiger partial charge in [0.15, 0.2) is 0 Å². The largest absolute Gasteiger partial charge is 0.495 e. The number of imidazole rings is 1. The summed E-state index contributed by atoms with van der Waals surface area (Å²) in [4.78, 5) is 17.9. The lowest BCUT2D eigenvalue weighted by atomic mass is 9.91. The molecule has 2 heterocycles. The SMILES string of the molecule is COc1cc(/C=C/C(=N)N2C(=O)OCC2(C)c2ccc(F)cc2)ccc1-n1cnc(C)c1. The number of nitrogens with zero attached hydrogens (tertiary/aromatic N) is 3. The molecule has 1 amide bonds. The Morgan fingerprint density at radius 3 is 2.69 bits per heavy atom. The van der Waals surface area contributed by atoms with Crippen LogP contribution in [0.4, 0.5) is 9.18 Å². The van der Waals surface area contributed by atoms with Crippen molar-refractivity contribution in [1.82, 2.24) is 14.5 Å². The molecule has 0 saturated carbocycles. The van der Waals surface area contributed by atoms with Gasteiger partial charge in [-0.1, -0.05) is 24.3 Å². The van der Waals surface area contributed by atoms with Crippen LogP contribution in [0.3, 0.4) is 0 Å². The summed E-state index contributed by atoms with van der Waals surface area (Å²) in [6.07, 6.45) is 6.26. The molecule has 1 atom stereocenters. The highest BCUT2D eigenvalue weighted by Crippen LogP contribution is 2.35. The van der Waals surface area contributed by atoms with Crippen LogP contribution in [0.2, 0.25) is 0 Å². The topological polar surface area (TPSA) is 80.4 Å². The molecule has 32 heavy (non-hydrogen) atoms. The third kappa shape index (κ3) is 3.87. The van der Waals surface area contributed by atoms with Crippen LogP contribution in [0.5, 0.6) is 5.75 Å². The minimum Gasteiger partial charge on any atom is -0.495 e. The van der Waals surface area contributed by atoms with E-state index in [2.05, 4.69) is 4.98 Å². The highest BCUT2D eigenvalue weighted by atomic mass is 19.1. The normalized spacial score (nSPS) is 18.2. The Bertz CT molecular complexity index is 1200. The summed E-state index contributed by atoms with van der Waals surface area (Å²) in [6, 6.07) is 11.5. The Morgan fingerprint density at radius 2 is 2.03 bits per heavy atom. The van der Waals surface area contributed by atoms with Gasteiger partial charge >= 0.3 is 6.09 Å². The number of amides is 1. The lowest BCUT2D eigenvalue weighted by molar-refractivity contribution is 0.168. The number of cyclic esters (lactones) is 1. The zero-order valence-electron chi connectivity index (χ0n) is 18.0. The maximum atomic E-state index is 13.4. The average molecular weight is 434 g/mol. The number of carbonyl (C=O) groups is 1. The van der Waals surface area contributed by atoms with Crippen LogP contribution < -0.4 is 4.74 Å². The fourth-order valence-electron chi connectivity index (χ4n) is 3.73. The Balaban J connectivity index is 1.59. The van der Waals surface area contributed by atoms with E-state index >= 15 is 0 Å². The summed E-state index contributed by atoms with van der Waals surface area (Å²) in [6.45, 7) is 3.77. The molecule has 7 nitrogen and oxygen atoms in total. The first-order valence-corrected chi connectivity index (χ1v) is 10.0. The van der Waals surface area contributed by atoms with Crippen LogP contribution >= 0.6 is 0 Å². The summed E-state index contributed by atoms with van der Waals surface area (Å²) < 4.78 is 26.0. The quantitative estimate of drug-likeness (QED) is 0.467. The van der Waals surface area contributed by atoms with Crippen molar-refractivity contribution < 1.29 is 18.7 Å². The Hall–Kier alpha value is -3.94. The molecule has 1 fully saturated rings. The van der Waals surface area contributed by atoms with E-state index in [-0.39, 0.29) is 18.3 Å². The zero-order chi connectivity index (χ0) is 22.9. The number of ether oxygens (including phenoxy) is 2. The van der Waals surface area contributed by atoms with Gasteiger partial charge in [0.05, 0.1) is 24.8 Å². The van der Waals surface area contributed by atoms with Crippen molar-refractivity contribution in [2.24, 2.45) is 0 Å². The van der Waals surface area contributed by atoms with Gasteiger partial charge in [-0.3, -0.25) is 5.41 Å². The molecular formula is C24H23FN4O3. The maximum absolute atomic E-state index is 13.4. The van der Waals surface area contributed by atoms with Crippen LogP contribution in [0.25, 0.3) is 11.8 Å². The lowest BCUT2D eigenvalue weighted by Crippen LogP contribution is -2.45. The standard InChI is InChI=1S/C24H23FN4O3/c1-16-13-28(15-27-16)20-10-4-17(12-21(20)31-3)5-11-22(26)29-23(30)32-14-24(29,2)18-6-8-19(25)9-7-18/h4-13,15,26H,14H2,1-3H3/b11-5+,26-22?. The number of halogens is 1. The molecule has 1 aliphatic rings. The van der Waals surface area contributed by atoms with Gasteiger partial charge in [0, 0.05) is 6.20 Å². The molecule has 1 N–H and O–H groups in total. The average Bonchev–Trinajstić information content (AvgIpc) is 3.35. The molecular weight excluding hydrogens is 411 g/mol. The molecule has 3 aromatic rings. The maximum Gasteiger partial charge on any atom is 0.416 e. The smallest absolute Gasteiger partial charge is 0.416 e. The van der Waals surface area contributed by atoms with E-state index < -0.39 is 11.6 Å². The van der Waals surface area contributed by atoms with Crippen LogP contribution in [0.15, 0.2) is 61.1 Å². The van der Waals surface area contributed by atoms with E-state index in [4.69, 9.17) is 14.9 Å². The molecule has 1 aliphatic heterocycles. The summed E-state index contributed by atoms with van der Waals surface area (Å²) in [5, 5.41) is 8.51. The zero-order valence-corrected chi connectivity index (χ0v) is 18.0. The summed E-state index contributed by atoms with van der Waals surface area (Å²) >= 11 is 0. The van der Waals surface area contributed by atoms with E-state index in [9.17, 15) is 9.18 Å². The van der Waals surface area contributed by atoms with Crippen molar-refractivity contribution in [1.29, 1.82) is 5.41 Å². The Kier molecular flexibility index (Phi) is 5.52. The third-order valence-electron chi connectivity index (χ3n) is 5.49. The molecule has 2 aromatic carbocycles. The second kappa shape index (κ2) is 8.30. The summed E-state index contributed by atoms with van der Waals surface area (Å²) in [5.41, 5.74) is 2.30. The number of nitrogens with one attached hydrogen (secondary N) is 1. The van der Waals surface area contributed by atoms with Crippen LogP contribution in [0, 0.1) is 18.2 Å². The monoisotopic (exact) mass is 434 g/mol. The molecule has 0 aliphatic carbocycles. The molecule has 0 spiro atoms. The minimum absolute atomic E-state index is 0.0346. The third-order valence-corrected chi connectivity index (χ3v) is 5.49. The summed E-state index contributed by atoms with van der Waals surface area (Å²) in [5.74, 6) is 0.243. The number of hydrogen-bond donors (Lipinski definition) is 1. The van der Waals surface area contributed by atoms with Crippen LogP contribution in [-0.2, 0) is 10.3 Å². The first kappa shape index (κ1) is 21.3. The van der Waals surface area contributed by atoms with Gasteiger partial charge in [0.2, 0.25) is 0 Å². The molecule has 164 valence electrons. The molecule has 8 heteroatoms. The van der Waals surface area contributed by atoms with Crippen molar-refractivity contribution >= 4 is 18.0 Å². The number of benzene rings is 2. The number of rotatable bonds is 5. The van der Waals surface area contributed by atoms with Gasteiger partial charge in [0.25, 0.3) is 0 Å². The van der Waals surface area contributed by atoms with Crippen LogP contribution in [-0.4, -0.2) is 40.1 Å². The van der Waals surface area contributed by atoms with Gasteiger partial charge in [-0.05, 0) is 55.3 Å². The Labute approximate surface area is 185 Å². The predicted molar refractivity (Wildman–Crippen MR) is 119 cm³/mol. The highest BCUT2D eigenvalue weighted by molar-refractivity contribution is 6.04. The first-order valence-electron chi connectivity index (χ1n) is 10.0. The van der Waals surface area contributed by atoms with Crippen molar-refractivity contribution in [3.8, 4) is 11.4 Å². The highest BCUT2D eigenvalue weighted by Gasteiger charge is 2.46. The second-order valence-corrected chi connectivity index (χ2v) is 7.74. The first-order chi connectivity index (χ1) is 15.3. The number of aryl methyl sites for hydroxylation is 1. The van der Waals surface area contributed by atoms with Gasteiger partial charge in [-0.25, -0.2) is 19.1 Å². The lowest BCUT2D eigenvalue weighted by Gasteiger charge is -2.31. The predicted octanol–water partition coefficient (Wildman–Crippen LogP) is 4.69. The number of aromatic nitrogens is 2. The number of methoxy groups -OCH3 is 1. The molecule has 1 unspecified atom stereocenters. The molecule has 1 aromatic heterocycles. The Morgan fingerprint density at radius 1 is 1.28 bits per heavy atom. The van der Waals surface area contributed by atoms with E-state index in [0.29, 0.717) is 11.3 Å². The fraction of sp³-hybridized carbons (Fsp3) is 0.208. The van der Waals surface area contributed by atoms with Crippen molar-refractivity contribution in [2.75, 3.05) is 13.7 Å². The van der Waals surface area contributed by atoms with E-state index in [1.54, 1.807) is 38.6 Å². The van der Waals surface area contributed by atoms with Crippen molar-refractivity contribution in [3.63, 3.8) is 0 Å². The van der Waals surface area contributed by atoms with Crippen molar-refractivity contribution in [3.05, 3.63) is 83.7 Å². The van der Waals surface area contributed by atoms with Gasteiger partial charge in [-0.2, -0.15) is 0 Å². The number of amidine groups is 1. The van der Waals surface area contributed by atoms with Gasteiger partial charge < -0.3 is 14.0 Å². The minimum atomic E-state index is -0.910. The van der Waals surface area contributed by atoms with Gasteiger partial charge in [0.1, 0.15) is 29.5 Å². The van der Waals surface area contributed by atoms with E-state index in [1.165, 1.54) is 23.1 Å². The van der Waals surface area contributed by atoms with Gasteiger partial charge in [-0.15, -0.1) is 0 Å². The van der Waals surface area contributed by atoms with E-state index in [1.807, 2.05) is 35.9 Å².